The minimum absolute atomic E-state index is 0.159. The largest absolute Gasteiger partial charge is 0.497 e. The van der Waals surface area contributed by atoms with Crippen molar-refractivity contribution in [1.82, 2.24) is 20.8 Å². The molecule has 31 heavy (non-hydrogen) atoms. The fourth-order valence-electron chi connectivity index (χ4n) is 2.41. The molecule has 9 nitrogen and oxygen atoms in total. The molecule has 0 aliphatic carbocycles. The number of hydrogen-bond donors (Lipinski definition) is 2. The number of hydrogen-bond acceptors (Lipinski definition) is 7. The van der Waals surface area contributed by atoms with Crippen molar-refractivity contribution in [1.29, 1.82) is 0 Å². The number of benzene rings is 2. The molecule has 0 saturated heterocycles. The van der Waals surface area contributed by atoms with Crippen LogP contribution in [0.3, 0.4) is 0 Å². The lowest BCUT2D eigenvalue weighted by Gasteiger charge is -2.09. The van der Waals surface area contributed by atoms with E-state index in [-0.39, 0.29) is 37.3 Å². The lowest BCUT2D eigenvalue weighted by molar-refractivity contribution is -0.123. The molecule has 0 aliphatic heterocycles. The Balaban J connectivity index is 1.40. The predicted molar refractivity (Wildman–Crippen MR) is 114 cm³/mol. The van der Waals surface area contributed by atoms with Crippen LogP contribution < -0.4 is 20.1 Å². The molecule has 2 N–H and O–H groups in total. The molecule has 3 aromatic rings. The van der Waals surface area contributed by atoms with E-state index in [1.54, 1.807) is 43.5 Å². The van der Waals surface area contributed by atoms with Gasteiger partial charge in [-0.1, -0.05) is 28.4 Å². The summed E-state index contributed by atoms with van der Waals surface area (Å²) in [4.78, 5) is 28.0. The van der Waals surface area contributed by atoms with E-state index in [2.05, 4.69) is 20.8 Å². The van der Waals surface area contributed by atoms with Gasteiger partial charge in [-0.3, -0.25) is 9.59 Å². The summed E-state index contributed by atoms with van der Waals surface area (Å²) in [7, 11) is 1.57. The van der Waals surface area contributed by atoms with Crippen LogP contribution in [-0.4, -0.2) is 48.8 Å². The average Bonchev–Trinajstić information content (AvgIpc) is 3.26. The van der Waals surface area contributed by atoms with Gasteiger partial charge in [0.1, 0.15) is 11.5 Å². The van der Waals surface area contributed by atoms with Crippen LogP contribution in [-0.2, 0) is 4.79 Å². The predicted octanol–water partition coefficient (Wildman–Crippen LogP) is 2.98. The average molecular weight is 465 g/mol. The second-order valence-electron chi connectivity index (χ2n) is 6.12. The van der Waals surface area contributed by atoms with Gasteiger partial charge in [0.25, 0.3) is 5.91 Å². The normalized spacial score (nSPS) is 10.4. The van der Waals surface area contributed by atoms with Crippen LogP contribution in [0.15, 0.2) is 47.0 Å². The van der Waals surface area contributed by atoms with Gasteiger partial charge in [0, 0.05) is 23.7 Å². The Labute approximate surface area is 187 Å². The number of nitrogens with zero attached hydrogens (tertiary/aromatic N) is 2. The number of nitrogens with one attached hydrogen (secondary N) is 2. The number of carbonyl (C=O) groups is 2. The maximum Gasteiger partial charge on any atom is 0.316 e. The molecule has 0 radical (unpaired) electrons. The van der Waals surface area contributed by atoms with Crippen LogP contribution in [0.4, 0.5) is 0 Å². The van der Waals surface area contributed by atoms with Crippen molar-refractivity contribution in [2.45, 2.75) is 0 Å². The maximum absolute atomic E-state index is 12.1. The Morgan fingerprint density at radius 2 is 1.81 bits per heavy atom. The van der Waals surface area contributed by atoms with Crippen molar-refractivity contribution in [3.8, 4) is 22.9 Å². The number of amides is 2. The van der Waals surface area contributed by atoms with E-state index in [1.165, 1.54) is 6.07 Å². The van der Waals surface area contributed by atoms with E-state index >= 15 is 0 Å². The Bertz CT molecular complexity index is 1060. The van der Waals surface area contributed by atoms with E-state index in [4.69, 9.17) is 37.2 Å². The molecule has 0 fully saturated rings. The first-order chi connectivity index (χ1) is 15.0. The van der Waals surface area contributed by atoms with Crippen LogP contribution >= 0.6 is 23.2 Å². The van der Waals surface area contributed by atoms with Crippen molar-refractivity contribution < 1.29 is 23.6 Å². The molecule has 11 heteroatoms. The molecule has 0 aliphatic rings. The maximum atomic E-state index is 12.1. The van der Waals surface area contributed by atoms with E-state index in [0.717, 1.165) is 0 Å². The highest BCUT2D eigenvalue weighted by Gasteiger charge is 2.16. The van der Waals surface area contributed by atoms with Crippen LogP contribution in [0.25, 0.3) is 11.4 Å². The Morgan fingerprint density at radius 3 is 2.52 bits per heavy atom. The zero-order valence-electron chi connectivity index (χ0n) is 16.4. The molecule has 0 spiro atoms. The summed E-state index contributed by atoms with van der Waals surface area (Å²) in [6, 6.07) is 11.7. The standard InChI is InChI=1S/C20H18Cl2N4O5/c1-29-14-5-2-12(3-6-14)18-25-20(31-26-18)19(28)24-9-8-23-17(27)11-30-16-7-4-13(21)10-15(16)22/h2-7,10H,8-9,11H2,1H3,(H,23,27)(H,24,28). The topological polar surface area (TPSA) is 116 Å². The SMILES string of the molecule is COc1ccc(-c2noc(C(=O)NCCNC(=O)COc3ccc(Cl)cc3Cl)n2)cc1. The Kier molecular flexibility index (Phi) is 7.69. The van der Waals surface area contributed by atoms with E-state index in [9.17, 15) is 9.59 Å². The zero-order valence-corrected chi connectivity index (χ0v) is 17.9. The Hall–Kier alpha value is -3.30. The van der Waals surface area contributed by atoms with Gasteiger partial charge in [-0.05, 0) is 42.5 Å². The quantitative estimate of drug-likeness (QED) is 0.467. The third kappa shape index (κ3) is 6.34. The summed E-state index contributed by atoms with van der Waals surface area (Å²) in [6.07, 6.45) is 0. The molecule has 2 aromatic carbocycles. The lowest BCUT2D eigenvalue weighted by Crippen LogP contribution is -2.36. The summed E-state index contributed by atoms with van der Waals surface area (Å²) < 4.78 is 15.4. The molecule has 1 heterocycles. The molecule has 3 rings (SSSR count). The number of halogens is 2. The van der Waals surface area contributed by atoms with E-state index in [0.29, 0.717) is 27.1 Å². The Morgan fingerprint density at radius 1 is 1.06 bits per heavy atom. The number of aromatic nitrogens is 2. The molecule has 0 atom stereocenters. The summed E-state index contributed by atoms with van der Waals surface area (Å²) in [5.74, 6) is 0.204. The molecular weight excluding hydrogens is 447 g/mol. The third-order valence-corrected chi connectivity index (χ3v) is 4.48. The fourth-order valence-corrected chi connectivity index (χ4v) is 2.88. The second-order valence-corrected chi connectivity index (χ2v) is 6.96. The monoisotopic (exact) mass is 464 g/mol. The van der Waals surface area contributed by atoms with Crippen LogP contribution in [0.1, 0.15) is 10.7 Å². The first-order valence-corrected chi connectivity index (χ1v) is 9.82. The summed E-state index contributed by atoms with van der Waals surface area (Å²) in [5.41, 5.74) is 0.677. The van der Waals surface area contributed by atoms with E-state index < -0.39 is 5.91 Å². The van der Waals surface area contributed by atoms with Gasteiger partial charge in [0.05, 0.1) is 12.1 Å². The van der Waals surface area contributed by atoms with Gasteiger partial charge in [-0.2, -0.15) is 4.98 Å². The van der Waals surface area contributed by atoms with Gasteiger partial charge in [-0.15, -0.1) is 0 Å². The summed E-state index contributed by atoms with van der Waals surface area (Å²) in [5, 5.41) is 9.75. The molecule has 0 bridgehead atoms. The van der Waals surface area contributed by atoms with Crippen molar-refractivity contribution in [2.24, 2.45) is 0 Å². The zero-order chi connectivity index (χ0) is 22.2. The summed E-state index contributed by atoms with van der Waals surface area (Å²) in [6.45, 7) is 0.110. The van der Waals surface area contributed by atoms with Crippen molar-refractivity contribution in [3.63, 3.8) is 0 Å². The minimum Gasteiger partial charge on any atom is -0.497 e. The van der Waals surface area contributed by atoms with Gasteiger partial charge < -0.3 is 24.6 Å². The number of ether oxygens (including phenoxy) is 2. The van der Waals surface area contributed by atoms with Crippen molar-refractivity contribution in [2.75, 3.05) is 26.8 Å². The molecule has 162 valence electrons. The molecule has 1 aromatic heterocycles. The first-order valence-electron chi connectivity index (χ1n) is 9.07. The molecule has 2 amide bonds. The number of carbonyl (C=O) groups excluding carboxylic acids is 2. The van der Waals surface area contributed by atoms with E-state index in [1.807, 2.05) is 0 Å². The van der Waals surface area contributed by atoms with Gasteiger partial charge in [0.2, 0.25) is 5.82 Å². The molecule has 0 unspecified atom stereocenters. The first kappa shape index (κ1) is 22.4. The highest BCUT2D eigenvalue weighted by Crippen LogP contribution is 2.27. The highest BCUT2D eigenvalue weighted by molar-refractivity contribution is 6.35. The second kappa shape index (κ2) is 10.6. The van der Waals surface area contributed by atoms with Gasteiger partial charge in [-0.25, -0.2) is 0 Å². The highest BCUT2D eigenvalue weighted by atomic mass is 35.5. The molecular formula is C20H18Cl2N4O5. The molecule has 0 saturated carbocycles. The minimum atomic E-state index is -0.550. The number of rotatable bonds is 9. The number of methoxy groups -OCH3 is 1. The van der Waals surface area contributed by atoms with Crippen LogP contribution in [0, 0.1) is 0 Å². The van der Waals surface area contributed by atoms with Gasteiger partial charge in [0.15, 0.2) is 6.61 Å². The van der Waals surface area contributed by atoms with Crippen LogP contribution in [0.2, 0.25) is 10.0 Å². The lowest BCUT2D eigenvalue weighted by atomic mass is 10.2. The van der Waals surface area contributed by atoms with Crippen molar-refractivity contribution >= 4 is 35.0 Å². The van der Waals surface area contributed by atoms with Crippen LogP contribution in [0.5, 0.6) is 11.5 Å². The van der Waals surface area contributed by atoms with Crippen molar-refractivity contribution in [3.05, 3.63) is 58.4 Å². The van der Waals surface area contributed by atoms with Gasteiger partial charge >= 0.3 is 11.8 Å². The smallest absolute Gasteiger partial charge is 0.316 e. The summed E-state index contributed by atoms with van der Waals surface area (Å²) >= 11 is 11.8. The fraction of sp³-hybridized carbons (Fsp3) is 0.200. The third-order valence-electron chi connectivity index (χ3n) is 3.95.